The van der Waals surface area contributed by atoms with Crippen molar-refractivity contribution < 1.29 is 22.7 Å². The van der Waals surface area contributed by atoms with E-state index in [0.29, 0.717) is 38.5 Å². The summed E-state index contributed by atoms with van der Waals surface area (Å²) in [5, 5.41) is 13.6. The molecule has 0 bridgehead atoms. The molecular weight excluding hydrogens is 560 g/mol. The lowest BCUT2D eigenvalue weighted by atomic mass is 10.0. The van der Waals surface area contributed by atoms with Crippen LogP contribution in [0, 0.1) is 6.92 Å². The van der Waals surface area contributed by atoms with Crippen LogP contribution in [-0.2, 0) is 10.0 Å². The Morgan fingerprint density at radius 2 is 1.95 bits per heavy atom. The van der Waals surface area contributed by atoms with Gasteiger partial charge >= 0.3 is 5.97 Å². The van der Waals surface area contributed by atoms with Gasteiger partial charge in [0, 0.05) is 17.4 Å². The maximum atomic E-state index is 11.8. The highest BCUT2D eigenvalue weighted by atomic mass is 35.5. The molecule has 5 rings (SSSR count). The number of hydrogen-bond acceptors (Lipinski definition) is 6. The van der Waals surface area contributed by atoms with Gasteiger partial charge in [-0.3, -0.25) is 9.71 Å². The van der Waals surface area contributed by atoms with Gasteiger partial charge in [0.15, 0.2) is 5.11 Å². The summed E-state index contributed by atoms with van der Waals surface area (Å²) < 4.78 is 32.4. The molecule has 4 aromatic rings. The van der Waals surface area contributed by atoms with Crippen molar-refractivity contribution in [2.24, 2.45) is 0 Å². The van der Waals surface area contributed by atoms with Gasteiger partial charge in [-0.2, -0.15) is 0 Å². The fraction of sp³-hybridized carbons (Fsp3) is 0.148. The van der Waals surface area contributed by atoms with E-state index in [1.807, 2.05) is 29.2 Å². The number of rotatable bonds is 7. The first-order valence-electron chi connectivity index (χ1n) is 11.7. The summed E-state index contributed by atoms with van der Waals surface area (Å²) in [6.07, 6.45) is 2.79. The van der Waals surface area contributed by atoms with E-state index in [2.05, 4.69) is 15.0 Å². The van der Waals surface area contributed by atoms with Gasteiger partial charge < -0.3 is 19.7 Å². The van der Waals surface area contributed by atoms with Gasteiger partial charge in [-0.25, -0.2) is 13.2 Å². The zero-order valence-electron chi connectivity index (χ0n) is 20.8. The Kier molecular flexibility index (Phi) is 7.06. The number of aryl methyl sites for hydroxylation is 1. The summed E-state index contributed by atoms with van der Waals surface area (Å²) in [7, 11) is -3.45. The molecule has 1 aliphatic heterocycles. The van der Waals surface area contributed by atoms with E-state index >= 15 is 0 Å². The zero-order chi connectivity index (χ0) is 27.9. The monoisotopic (exact) mass is 582 g/mol. The molecule has 1 fully saturated rings. The number of carboxylic acid groups (broad SMARTS) is 1. The van der Waals surface area contributed by atoms with E-state index < -0.39 is 22.0 Å². The molecule has 0 saturated carbocycles. The van der Waals surface area contributed by atoms with Crippen LogP contribution < -0.4 is 14.9 Å². The van der Waals surface area contributed by atoms with E-state index in [1.54, 1.807) is 37.4 Å². The minimum Gasteiger partial charge on any atom is -0.478 e. The number of pyridine rings is 1. The number of thiocarbonyl (C=S) groups is 1. The fourth-order valence-corrected chi connectivity index (χ4v) is 5.72. The van der Waals surface area contributed by atoms with Crippen molar-refractivity contribution in [3.8, 4) is 11.3 Å². The smallest absolute Gasteiger partial charge is 0.335 e. The summed E-state index contributed by atoms with van der Waals surface area (Å²) in [5.74, 6) is -0.129. The Balaban J connectivity index is 1.60. The number of nitrogens with zero attached hydrogens (tertiary/aromatic N) is 2. The molecule has 0 amide bonds. The third kappa shape index (κ3) is 5.47. The number of sulfonamides is 1. The van der Waals surface area contributed by atoms with E-state index in [1.165, 1.54) is 18.2 Å². The second-order valence-corrected chi connectivity index (χ2v) is 11.6. The average molecular weight is 583 g/mol. The standard InChI is InChI=1S/C27H23ClN4O5S2/c1-15-13-17(7-9-20(15)31-39(2,35)36)32-25(24(30-27(32)38)21-5-3-4-12-29-21)23-11-10-22(37-23)18-14-16(26(33)34)6-8-19(18)28/h3-14,24-25,31H,1-2H3,(H,30,38)(H,33,34)/t24-,25-/m1/s1. The Morgan fingerprint density at radius 3 is 2.62 bits per heavy atom. The summed E-state index contributed by atoms with van der Waals surface area (Å²) in [6.45, 7) is 1.80. The minimum atomic E-state index is -3.45. The van der Waals surface area contributed by atoms with Crippen LogP contribution >= 0.6 is 23.8 Å². The molecule has 1 saturated heterocycles. The van der Waals surface area contributed by atoms with Gasteiger partial charge in [0.2, 0.25) is 10.0 Å². The Morgan fingerprint density at radius 1 is 1.15 bits per heavy atom. The first-order valence-corrected chi connectivity index (χ1v) is 14.4. The first kappa shape index (κ1) is 26.7. The molecule has 0 spiro atoms. The second kappa shape index (κ2) is 10.3. The van der Waals surface area contributed by atoms with Crippen molar-refractivity contribution in [2.75, 3.05) is 15.9 Å². The van der Waals surface area contributed by atoms with Gasteiger partial charge in [-0.15, -0.1) is 0 Å². The molecule has 0 unspecified atom stereocenters. The van der Waals surface area contributed by atoms with E-state index in [-0.39, 0.29) is 11.6 Å². The Bertz CT molecular complexity index is 1690. The quantitative estimate of drug-likeness (QED) is 0.240. The van der Waals surface area contributed by atoms with Crippen LogP contribution in [0.2, 0.25) is 5.02 Å². The van der Waals surface area contributed by atoms with Crippen LogP contribution in [0.3, 0.4) is 0 Å². The van der Waals surface area contributed by atoms with Gasteiger partial charge in [0.25, 0.3) is 0 Å². The SMILES string of the molecule is Cc1cc(N2C(=S)N[C@H](c3ccccn3)[C@H]2c2ccc(-c3cc(C(=O)O)ccc3Cl)o2)ccc1NS(C)(=O)=O. The minimum absolute atomic E-state index is 0.0855. The summed E-state index contributed by atoms with van der Waals surface area (Å²) in [4.78, 5) is 17.9. The zero-order valence-corrected chi connectivity index (χ0v) is 23.1. The largest absolute Gasteiger partial charge is 0.478 e. The molecule has 12 heteroatoms. The van der Waals surface area contributed by atoms with Crippen LogP contribution in [0.1, 0.15) is 39.5 Å². The van der Waals surface area contributed by atoms with Gasteiger partial charge in [-0.05, 0) is 85.4 Å². The van der Waals surface area contributed by atoms with Crippen LogP contribution in [0.4, 0.5) is 11.4 Å². The molecule has 2 aromatic carbocycles. The summed E-state index contributed by atoms with van der Waals surface area (Å²) >= 11 is 12.2. The third-order valence-electron chi connectivity index (χ3n) is 6.28. The van der Waals surface area contributed by atoms with Gasteiger partial charge in [0.1, 0.15) is 17.6 Å². The van der Waals surface area contributed by atoms with Gasteiger partial charge in [0.05, 0.1) is 34.3 Å². The number of carboxylic acids is 1. The molecule has 1 aliphatic rings. The molecule has 9 nitrogen and oxygen atoms in total. The number of furan rings is 1. The maximum Gasteiger partial charge on any atom is 0.335 e. The fourth-order valence-electron chi connectivity index (χ4n) is 4.54. The Labute approximate surface area is 235 Å². The van der Waals surface area contributed by atoms with Crippen molar-refractivity contribution in [1.29, 1.82) is 0 Å². The number of benzene rings is 2. The number of aromatic nitrogens is 1. The molecule has 0 aliphatic carbocycles. The van der Waals surface area contributed by atoms with E-state index in [4.69, 9.17) is 28.2 Å². The first-order chi connectivity index (χ1) is 18.5. The molecule has 39 heavy (non-hydrogen) atoms. The number of carbonyl (C=O) groups is 1. The predicted octanol–water partition coefficient (Wildman–Crippen LogP) is 5.55. The molecule has 2 atom stereocenters. The van der Waals surface area contributed by atoms with Gasteiger partial charge in [-0.1, -0.05) is 17.7 Å². The second-order valence-electron chi connectivity index (χ2n) is 9.07. The molecular formula is C27H23ClN4O5S2. The van der Waals surface area contributed by atoms with E-state index in [9.17, 15) is 18.3 Å². The average Bonchev–Trinajstić information content (AvgIpc) is 3.50. The van der Waals surface area contributed by atoms with Crippen molar-refractivity contribution in [3.63, 3.8) is 0 Å². The van der Waals surface area contributed by atoms with Crippen LogP contribution in [0.25, 0.3) is 11.3 Å². The van der Waals surface area contributed by atoms with Crippen molar-refractivity contribution in [3.05, 3.63) is 101 Å². The molecule has 3 heterocycles. The predicted molar refractivity (Wildman–Crippen MR) is 154 cm³/mol. The lowest BCUT2D eigenvalue weighted by Gasteiger charge is -2.26. The van der Waals surface area contributed by atoms with Crippen LogP contribution in [0.5, 0.6) is 0 Å². The molecule has 0 radical (unpaired) electrons. The highest BCUT2D eigenvalue weighted by molar-refractivity contribution is 7.92. The van der Waals surface area contributed by atoms with E-state index in [0.717, 1.165) is 17.6 Å². The van der Waals surface area contributed by atoms with Crippen LogP contribution in [-0.4, -0.2) is 35.8 Å². The molecule has 3 N–H and O–H groups in total. The molecule has 200 valence electrons. The van der Waals surface area contributed by atoms with Crippen molar-refractivity contribution in [1.82, 2.24) is 10.3 Å². The number of halogens is 1. The Hall–Kier alpha value is -3.93. The summed E-state index contributed by atoms with van der Waals surface area (Å²) in [5.41, 5.74) is 3.16. The lowest BCUT2D eigenvalue weighted by Crippen LogP contribution is -2.29. The summed E-state index contributed by atoms with van der Waals surface area (Å²) in [6, 6.07) is 18.0. The third-order valence-corrected chi connectivity index (χ3v) is 7.51. The topological polar surface area (TPSA) is 125 Å². The normalized spacial score (nSPS) is 17.2. The molecule has 2 aromatic heterocycles. The number of aromatic carboxylic acids is 1. The highest BCUT2D eigenvalue weighted by Gasteiger charge is 2.42. The van der Waals surface area contributed by atoms with Crippen molar-refractivity contribution >= 4 is 56.3 Å². The highest BCUT2D eigenvalue weighted by Crippen LogP contribution is 2.44. The number of anilines is 2. The van der Waals surface area contributed by atoms with Crippen molar-refractivity contribution in [2.45, 2.75) is 19.0 Å². The lowest BCUT2D eigenvalue weighted by molar-refractivity contribution is 0.0697. The number of hydrogen-bond donors (Lipinski definition) is 3. The number of nitrogens with one attached hydrogen (secondary N) is 2. The maximum absolute atomic E-state index is 11.8. The van der Waals surface area contributed by atoms with Crippen LogP contribution in [0.15, 0.2) is 77.3 Å².